The number of ether oxygens (including phenoxy) is 1. The van der Waals surface area contributed by atoms with Gasteiger partial charge in [-0.05, 0) is 61.6 Å². The third kappa shape index (κ3) is 4.75. The molecule has 0 bridgehead atoms. The van der Waals surface area contributed by atoms with Crippen LogP contribution in [0.5, 0.6) is 5.75 Å². The molecule has 0 radical (unpaired) electrons. The third-order valence-electron chi connectivity index (χ3n) is 4.86. The number of hydrogen-bond acceptors (Lipinski definition) is 2. The summed E-state index contributed by atoms with van der Waals surface area (Å²) in [5, 5.41) is 8.61. The van der Waals surface area contributed by atoms with Gasteiger partial charge in [0.25, 0.3) is 0 Å². The Hall–Kier alpha value is -1.51. The second-order valence-electron chi connectivity index (χ2n) is 6.02. The average Bonchev–Trinajstić information content (AvgIpc) is 2.51. The molecule has 1 N–H and O–H groups in total. The zero-order chi connectivity index (χ0) is 16.6. The summed E-state index contributed by atoms with van der Waals surface area (Å²) in [6.07, 6.45) is 5.10. The molecule has 1 aromatic rings. The molecule has 0 aliphatic rings. The van der Waals surface area contributed by atoms with Gasteiger partial charge in [-0.1, -0.05) is 32.9 Å². The number of carbonyl (C=O) groups is 1. The SMILES string of the molecule is CCC(CC)(CC)c1ccc(OCCCCC(=O)O)c(C)c1. The number of rotatable bonds is 10. The van der Waals surface area contributed by atoms with Crippen molar-refractivity contribution in [2.24, 2.45) is 0 Å². The van der Waals surface area contributed by atoms with Gasteiger partial charge in [-0.15, -0.1) is 0 Å². The molecule has 0 aliphatic heterocycles. The Labute approximate surface area is 134 Å². The summed E-state index contributed by atoms with van der Waals surface area (Å²) >= 11 is 0. The Kier molecular flexibility index (Phi) is 7.43. The molecule has 1 rings (SSSR count). The summed E-state index contributed by atoms with van der Waals surface area (Å²) in [6, 6.07) is 6.51. The van der Waals surface area contributed by atoms with Crippen LogP contribution >= 0.6 is 0 Å². The van der Waals surface area contributed by atoms with Crippen LogP contribution in [0.15, 0.2) is 18.2 Å². The van der Waals surface area contributed by atoms with E-state index in [2.05, 4.69) is 45.9 Å². The minimum Gasteiger partial charge on any atom is -0.493 e. The van der Waals surface area contributed by atoms with E-state index < -0.39 is 5.97 Å². The molecule has 0 saturated carbocycles. The molecule has 0 fully saturated rings. The lowest BCUT2D eigenvalue weighted by Gasteiger charge is -2.31. The molecular formula is C19H30O3. The first-order valence-corrected chi connectivity index (χ1v) is 8.44. The highest BCUT2D eigenvalue weighted by Gasteiger charge is 2.26. The Balaban J connectivity index is 2.67. The lowest BCUT2D eigenvalue weighted by Crippen LogP contribution is -2.23. The van der Waals surface area contributed by atoms with E-state index in [4.69, 9.17) is 9.84 Å². The van der Waals surface area contributed by atoms with Crippen molar-refractivity contribution in [2.45, 2.75) is 71.6 Å². The predicted octanol–water partition coefficient (Wildman–Crippen LogP) is 5.10. The number of carboxylic acids is 1. The zero-order valence-electron chi connectivity index (χ0n) is 14.4. The highest BCUT2D eigenvalue weighted by molar-refractivity contribution is 5.66. The van der Waals surface area contributed by atoms with Crippen LogP contribution in [-0.4, -0.2) is 17.7 Å². The fraction of sp³-hybridized carbons (Fsp3) is 0.632. The van der Waals surface area contributed by atoms with Gasteiger partial charge < -0.3 is 9.84 Å². The summed E-state index contributed by atoms with van der Waals surface area (Å²) < 4.78 is 5.79. The van der Waals surface area contributed by atoms with Crippen LogP contribution in [0.4, 0.5) is 0 Å². The lowest BCUT2D eigenvalue weighted by atomic mass is 9.73. The van der Waals surface area contributed by atoms with Gasteiger partial charge in [0.1, 0.15) is 5.75 Å². The minimum absolute atomic E-state index is 0.216. The highest BCUT2D eigenvalue weighted by Crippen LogP contribution is 2.36. The molecule has 1 aromatic carbocycles. The van der Waals surface area contributed by atoms with Gasteiger partial charge in [-0.2, -0.15) is 0 Å². The summed E-state index contributed by atoms with van der Waals surface area (Å²) in [4.78, 5) is 10.5. The van der Waals surface area contributed by atoms with E-state index in [0.717, 1.165) is 37.0 Å². The van der Waals surface area contributed by atoms with E-state index >= 15 is 0 Å². The largest absolute Gasteiger partial charge is 0.493 e. The van der Waals surface area contributed by atoms with Crippen molar-refractivity contribution < 1.29 is 14.6 Å². The first-order chi connectivity index (χ1) is 10.5. The molecule has 0 unspecified atom stereocenters. The molecule has 0 aromatic heterocycles. The number of aryl methyl sites for hydroxylation is 1. The van der Waals surface area contributed by atoms with E-state index in [-0.39, 0.29) is 11.8 Å². The van der Waals surface area contributed by atoms with Gasteiger partial charge in [-0.25, -0.2) is 0 Å². The summed E-state index contributed by atoms with van der Waals surface area (Å²) in [5.41, 5.74) is 2.83. The molecular weight excluding hydrogens is 276 g/mol. The molecule has 3 heteroatoms. The molecule has 124 valence electrons. The van der Waals surface area contributed by atoms with Crippen molar-refractivity contribution in [3.63, 3.8) is 0 Å². The quantitative estimate of drug-likeness (QED) is 0.612. The third-order valence-corrected chi connectivity index (χ3v) is 4.86. The molecule has 0 spiro atoms. The van der Waals surface area contributed by atoms with E-state index in [0.29, 0.717) is 13.0 Å². The van der Waals surface area contributed by atoms with E-state index in [1.54, 1.807) is 0 Å². The van der Waals surface area contributed by atoms with Crippen LogP contribution in [0.2, 0.25) is 0 Å². The fourth-order valence-corrected chi connectivity index (χ4v) is 3.06. The monoisotopic (exact) mass is 306 g/mol. The molecule has 0 aliphatic carbocycles. The van der Waals surface area contributed by atoms with Crippen molar-refractivity contribution in [1.82, 2.24) is 0 Å². The maximum atomic E-state index is 10.5. The normalized spacial score (nSPS) is 11.5. The van der Waals surface area contributed by atoms with Crippen LogP contribution in [0.25, 0.3) is 0 Å². The van der Waals surface area contributed by atoms with Crippen LogP contribution in [0.1, 0.15) is 70.4 Å². The summed E-state index contributed by atoms with van der Waals surface area (Å²) in [6.45, 7) is 9.44. The number of unbranched alkanes of at least 4 members (excludes halogenated alkanes) is 1. The maximum Gasteiger partial charge on any atom is 0.303 e. The van der Waals surface area contributed by atoms with Gasteiger partial charge >= 0.3 is 5.97 Å². The highest BCUT2D eigenvalue weighted by atomic mass is 16.5. The number of benzene rings is 1. The molecule has 0 heterocycles. The maximum absolute atomic E-state index is 10.5. The van der Waals surface area contributed by atoms with Crippen molar-refractivity contribution in [1.29, 1.82) is 0 Å². The van der Waals surface area contributed by atoms with Crippen molar-refractivity contribution >= 4 is 5.97 Å². The standard InChI is InChI=1S/C19H30O3/c1-5-19(6-2,7-3)16-11-12-17(15(4)14-16)22-13-9-8-10-18(20)21/h11-12,14H,5-10,13H2,1-4H3,(H,20,21). The lowest BCUT2D eigenvalue weighted by molar-refractivity contribution is -0.137. The van der Waals surface area contributed by atoms with E-state index in [1.807, 2.05) is 0 Å². The number of hydrogen-bond donors (Lipinski definition) is 1. The van der Waals surface area contributed by atoms with Crippen molar-refractivity contribution in [2.75, 3.05) is 6.61 Å². The first-order valence-electron chi connectivity index (χ1n) is 8.44. The smallest absolute Gasteiger partial charge is 0.303 e. The van der Waals surface area contributed by atoms with Crippen molar-refractivity contribution in [3.05, 3.63) is 29.3 Å². The Bertz CT molecular complexity index is 467. The van der Waals surface area contributed by atoms with Gasteiger partial charge in [0.05, 0.1) is 6.61 Å². The Morgan fingerprint density at radius 3 is 2.27 bits per heavy atom. The van der Waals surface area contributed by atoms with Crippen LogP contribution in [-0.2, 0) is 10.2 Å². The average molecular weight is 306 g/mol. The molecule has 22 heavy (non-hydrogen) atoms. The van der Waals surface area contributed by atoms with Crippen LogP contribution < -0.4 is 4.74 Å². The van der Waals surface area contributed by atoms with E-state index in [9.17, 15) is 4.79 Å². The van der Waals surface area contributed by atoms with Gasteiger partial charge in [0, 0.05) is 6.42 Å². The summed E-state index contributed by atoms with van der Waals surface area (Å²) in [7, 11) is 0. The number of aliphatic carboxylic acids is 1. The molecule has 0 amide bonds. The second-order valence-corrected chi connectivity index (χ2v) is 6.02. The molecule has 3 nitrogen and oxygen atoms in total. The topological polar surface area (TPSA) is 46.5 Å². The Morgan fingerprint density at radius 2 is 1.77 bits per heavy atom. The Morgan fingerprint density at radius 1 is 1.14 bits per heavy atom. The predicted molar refractivity (Wildman–Crippen MR) is 90.7 cm³/mol. The van der Waals surface area contributed by atoms with Crippen LogP contribution in [0.3, 0.4) is 0 Å². The zero-order valence-corrected chi connectivity index (χ0v) is 14.4. The fourth-order valence-electron chi connectivity index (χ4n) is 3.06. The summed E-state index contributed by atoms with van der Waals surface area (Å²) in [5.74, 6) is 0.173. The van der Waals surface area contributed by atoms with Gasteiger partial charge in [-0.3, -0.25) is 4.79 Å². The van der Waals surface area contributed by atoms with E-state index in [1.165, 1.54) is 5.56 Å². The first kappa shape index (κ1) is 18.5. The molecule has 0 atom stereocenters. The second kappa shape index (κ2) is 8.82. The van der Waals surface area contributed by atoms with Crippen LogP contribution in [0, 0.1) is 6.92 Å². The van der Waals surface area contributed by atoms with Gasteiger partial charge in [0.2, 0.25) is 0 Å². The number of carboxylic acid groups (broad SMARTS) is 1. The molecule has 0 saturated heterocycles. The minimum atomic E-state index is -0.740. The van der Waals surface area contributed by atoms with Gasteiger partial charge in [0.15, 0.2) is 0 Å². The van der Waals surface area contributed by atoms with Crippen molar-refractivity contribution in [3.8, 4) is 5.75 Å².